The average molecular weight is 261 g/mol. The Labute approximate surface area is 115 Å². The summed E-state index contributed by atoms with van der Waals surface area (Å²) in [5, 5.41) is 0. The molecule has 1 saturated carbocycles. The summed E-state index contributed by atoms with van der Waals surface area (Å²) in [6.45, 7) is 1.50. The fourth-order valence-corrected chi connectivity index (χ4v) is 2.90. The van der Waals surface area contributed by atoms with Gasteiger partial charge in [-0.15, -0.1) is 0 Å². The van der Waals surface area contributed by atoms with Gasteiger partial charge in [0.25, 0.3) is 0 Å². The Morgan fingerprint density at radius 3 is 2.53 bits per heavy atom. The lowest BCUT2D eigenvalue weighted by Crippen LogP contribution is -2.42. The molecule has 2 rings (SSSR count). The lowest BCUT2D eigenvalue weighted by Gasteiger charge is -2.34. The zero-order valence-corrected chi connectivity index (χ0v) is 11.8. The number of benzene rings is 1. The monoisotopic (exact) mass is 261 g/mol. The van der Waals surface area contributed by atoms with Crippen LogP contribution in [0.1, 0.15) is 39.0 Å². The van der Waals surface area contributed by atoms with E-state index in [4.69, 9.17) is 4.74 Å². The van der Waals surface area contributed by atoms with Gasteiger partial charge >= 0.3 is 5.97 Å². The molecule has 3 heteroatoms. The summed E-state index contributed by atoms with van der Waals surface area (Å²) in [5.74, 6) is -0.168. The maximum Gasteiger partial charge on any atom is 0.302 e. The Hall–Kier alpha value is -1.51. The van der Waals surface area contributed by atoms with Gasteiger partial charge in [-0.1, -0.05) is 31.0 Å². The normalized spacial score (nSPS) is 23.5. The second-order valence-electron chi connectivity index (χ2n) is 5.30. The second kappa shape index (κ2) is 6.60. The van der Waals surface area contributed by atoms with Crippen molar-refractivity contribution in [1.82, 2.24) is 0 Å². The van der Waals surface area contributed by atoms with E-state index in [1.54, 1.807) is 0 Å². The topological polar surface area (TPSA) is 29.5 Å². The van der Waals surface area contributed by atoms with Gasteiger partial charge in [-0.05, 0) is 31.4 Å². The van der Waals surface area contributed by atoms with Crippen molar-refractivity contribution >= 4 is 11.7 Å². The first kappa shape index (κ1) is 13.9. The molecule has 1 aromatic carbocycles. The Kier molecular flexibility index (Phi) is 4.83. The maximum atomic E-state index is 11.3. The van der Waals surface area contributed by atoms with Gasteiger partial charge in [0.2, 0.25) is 0 Å². The third-order valence-corrected chi connectivity index (χ3v) is 3.90. The lowest BCUT2D eigenvalue weighted by molar-refractivity contribution is -0.147. The molecule has 0 aliphatic heterocycles. The molecule has 0 saturated heterocycles. The molecule has 1 aromatic rings. The third kappa shape index (κ3) is 3.72. The van der Waals surface area contributed by atoms with Crippen molar-refractivity contribution in [2.45, 2.75) is 51.2 Å². The van der Waals surface area contributed by atoms with Crippen LogP contribution in [0.25, 0.3) is 0 Å². The highest BCUT2D eigenvalue weighted by atomic mass is 16.5. The molecule has 104 valence electrons. The Bertz CT molecular complexity index is 404. The van der Waals surface area contributed by atoms with Crippen LogP contribution in [0.3, 0.4) is 0 Å². The van der Waals surface area contributed by atoms with E-state index in [9.17, 15) is 4.79 Å². The molecular formula is C16H23NO2. The second-order valence-corrected chi connectivity index (χ2v) is 5.30. The number of esters is 1. The van der Waals surface area contributed by atoms with E-state index in [0.29, 0.717) is 0 Å². The zero-order chi connectivity index (χ0) is 13.7. The van der Waals surface area contributed by atoms with Gasteiger partial charge in [-0.2, -0.15) is 0 Å². The van der Waals surface area contributed by atoms with Gasteiger partial charge in [0, 0.05) is 19.7 Å². The van der Waals surface area contributed by atoms with Crippen molar-refractivity contribution in [2.75, 3.05) is 11.9 Å². The van der Waals surface area contributed by atoms with Crippen LogP contribution >= 0.6 is 0 Å². The Balaban J connectivity index is 2.15. The first-order chi connectivity index (χ1) is 9.18. The fourth-order valence-electron chi connectivity index (χ4n) is 2.90. The fraction of sp³-hybridized carbons (Fsp3) is 0.562. The van der Waals surface area contributed by atoms with E-state index in [-0.39, 0.29) is 18.1 Å². The Morgan fingerprint density at radius 2 is 1.84 bits per heavy atom. The quantitative estimate of drug-likeness (QED) is 0.617. The minimum Gasteiger partial charge on any atom is -0.460 e. The number of rotatable bonds is 3. The van der Waals surface area contributed by atoms with Crippen LogP contribution in [0.15, 0.2) is 30.3 Å². The van der Waals surface area contributed by atoms with Crippen molar-refractivity contribution < 1.29 is 9.53 Å². The number of carbonyl (C=O) groups excluding carboxylic acids is 1. The van der Waals surface area contributed by atoms with E-state index in [0.717, 1.165) is 19.3 Å². The highest BCUT2D eigenvalue weighted by Gasteiger charge is 2.29. The lowest BCUT2D eigenvalue weighted by atomic mass is 10.0. The SMILES string of the molecule is CC(=O)O[C@H]1CCCCC[C@@H]1N(C)c1ccccc1. The molecule has 1 aliphatic carbocycles. The van der Waals surface area contributed by atoms with Crippen molar-refractivity contribution in [3.05, 3.63) is 30.3 Å². The van der Waals surface area contributed by atoms with Crippen molar-refractivity contribution in [2.24, 2.45) is 0 Å². The number of carbonyl (C=O) groups is 1. The van der Waals surface area contributed by atoms with Gasteiger partial charge in [0.1, 0.15) is 6.10 Å². The Morgan fingerprint density at radius 1 is 1.16 bits per heavy atom. The molecule has 0 spiro atoms. The predicted octanol–water partition coefficient (Wildman–Crippen LogP) is 3.39. The number of hydrogen-bond acceptors (Lipinski definition) is 3. The largest absolute Gasteiger partial charge is 0.460 e. The predicted molar refractivity (Wildman–Crippen MR) is 77.3 cm³/mol. The van der Waals surface area contributed by atoms with Crippen LogP contribution in [0, 0.1) is 0 Å². The molecule has 0 unspecified atom stereocenters. The van der Waals surface area contributed by atoms with Crippen LogP contribution in [0.4, 0.5) is 5.69 Å². The van der Waals surface area contributed by atoms with Gasteiger partial charge in [0.15, 0.2) is 0 Å². The summed E-state index contributed by atoms with van der Waals surface area (Å²) in [7, 11) is 2.10. The minimum absolute atomic E-state index is 0.0187. The van der Waals surface area contributed by atoms with Crippen LogP contribution in [-0.2, 0) is 9.53 Å². The molecule has 0 radical (unpaired) electrons. The summed E-state index contributed by atoms with van der Waals surface area (Å²) in [5.41, 5.74) is 1.19. The van der Waals surface area contributed by atoms with E-state index < -0.39 is 0 Å². The smallest absolute Gasteiger partial charge is 0.302 e. The van der Waals surface area contributed by atoms with E-state index in [1.807, 2.05) is 18.2 Å². The van der Waals surface area contributed by atoms with Crippen molar-refractivity contribution in [3.8, 4) is 0 Å². The molecule has 0 N–H and O–H groups in total. The zero-order valence-electron chi connectivity index (χ0n) is 11.8. The van der Waals surface area contributed by atoms with Gasteiger partial charge in [0.05, 0.1) is 6.04 Å². The molecule has 0 amide bonds. The van der Waals surface area contributed by atoms with Crippen molar-refractivity contribution in [1.29, 1.82) is 0 Å². The molecule has 19 heavy (non-hydrogen) atoms. The standard InChI is InChI=1S/C16H23NO2/c1-13(18)19-16-12-8-4-7-11-15(16)17(2)14-9-5-3-6-10-14/h3,5-6,9-10,15-16H,4,7-8,11-12H2,1-2H3/t15-,16-/m0/s1. The number of para-hydroxylation sites is 1. The first-order valence-corrected chi connectivity index (χ1v) is 7.13. The molecule has 1 fully saturated rings. The molecule has 0 bridgehead atoms. The number of likely N-dealkylation sites (N-methyl/N-ethyl adjacent to an activating group) is 1. The van der Waals surface area contributed by atoms with Gasteiger partial charge < -0.3 is 9.64 Å². The summed E-state index contributed by atoms with van der Waals surface area (Å²) in [4.78, 5) is 13.6. The van der Waals surface area contributed by atoms with Crippen LogP contribution in [-0.4, -0.2) is 25.2 Å². The summed E-state index contributed by atoms with van der Waals surface area (Å²) >= 11 is 0. The third-order valence-electron chi connectivity index (χ3n) is 3.90. The van der Waals surface area contributed by atoms with Gasteiger partial charge in [-0.3, -0.25) is 4.79 Å². The van der Waals surface area contributed by atoms with Crippen LogP contribution in [0.2, 0.25) is 0 Å². The van der Waals surface area contributed by atoms with Gasteiger partial charge in [-0.25, -0.2) is 0 Å². The van der Waals surface area contributed by atoms with E-state index >= 15 is 0 Å². The first-order valence-electron chi connectivity index (χ1n) is 7.13. The highest BCUT2D eigenvalue weighted by molar-refractivity contribution is 5.66. The molecule has 3 nitrogen and oxygen atoms in total. The molecular weight excluding hydrogens is 238 g/mol. The van der Waals surface area contributed by atoms with Crippen molar-refractivity contribution in [3.63, 3.8) is 0 Å². The minimum atomic E-state index is -0.168. The summed E-state index contributed by atoms with van der Waals surface area (Å²) in [6, 6.07) is 10.6. The molecule has 1 aliphatic rings. The number of hydrogen-bond donors (Lipinski definition) is 0. The molecule has 0 heterocycles. The maximum absolute atomic E-state index is 11.3. The number of anilines is 1. The highest BCUT2D eigenvalue weighted by Crippen LogP contribution is 2.27. The van der Waals surface area contributed by atoms with E-state index in [2.05, 4.69) is 24.1 Å². The van der Waals surface area contributed by atoms with E-state index in [1.165, 1.54) is 25.5 Å². The van der Waals surface area contributed by atoms with Crippen LogP contribution in [0.5, 0.6) is 0 Å². The van der Waals surface area contributed by atoms with Crippen LogP contribution < -0.4 is 4.90 Å². The molecule has 0 aromatic heterocycles. The number of nitrogens with zero attached hydrogens (tertiary/aromatic N) is 1. The average Bonchev–Trinajstić information content (AvgIpc) is 2.64. The number of ether oxygens (including phenoxy) is 1. The summed E-state index contributed by atoms with van der Waals surface area (Å²) in [6.07, 6.45) is 5.67. The summed E-state index contributed by atoms with van der Waals surface area (Å²) < 4.78 is 5.55. The molecule has 2 atom stereocenters.